The van der Waals surface area contributed by atoms with Crippen LogP contribution in [0.25, 0.3) is 0 Å². The third kappa shape index (κ3) is 3.94. The summed E-state index contributed by atoms with van der Waals surface area (Å²) in [6, 6.07) is 9.60. The third-order valence-electron chi connectivity index (χ3n) is 0.940. The van der Waals surface area contributed by atoms with E-state index < -0.39 is 0 Å². The van der Waals surface area contributed by atoms with Gasteiger partial charge in [-0.15, -0.1) is 23.4 Å². The lowest BCUT2D eigenvalue weighted by Gasteiger charge is -1.82. The molecule has 0 aromatic heterocycles. The molecule has 0 atom stereocenters. The smallest absolute Gasteiger partial charge is 0.115 e. The van der Waals surface area contributed by atoms with Gasteiger partial charge in [0.25, 0.3) is 0 Å². The zero-order chi connectivity index (χ0) is 5.82. The minimum Gasteiger partial charge on any atom is -0.115 e. The molecule has 0 bridgehead atoms. The first-order valence-electron chi connectivity index (χ1n) is 2.45. The van der Waals surface area contributed by atoms with E-state index in [9.17, 15) is 0 Å². The molecule has 0 saturated carbocycles. The van der Waals surface area contributed by atoms with Crippen LogP contribution in [0.3, 0.4) is 0 Å². The van der Waals surface area contributed by atoms with Gasteiger partial charge in [0.2, 0.25) is 0 Å². The van der Waals surface area contributed by atoms with Gasteiger partial charge in [-0.1, -0.05) is 24.1 Å². The lowest BCUT2D eigenvalue weighted by atomic mass is 10.2. The zero-order valence-electron chi connectivity index (χ0n) is 4.87. The van der Waals surface area contributed by atoms with Crippen molar-refractivity contribution in [2.24, 2.45) is 0 Å². The van der Waals surface area contributed by atoms with Crippen molar-refractivity contribution in [2.45, 2.75) is 0 Å². The summed E-state index contributed by atoms with van der Waals surface area (Å²) in [6.07, 6.45) is 5.10. The normalized spacial score (nSPS) is 6.30. The van der Waals surface area contributed by atoms with Gasteiger partial charge in [-0.2, -0.15) is 0 Å². The second kappa shape index (κ2) is 7.14. The molecule has 0 spiro atoms. The van der Waals surface area contributed by atoms with Crippen molar-refractivity contribution >= 4 is 40.0 Å². The summed E-state index contributed by atoms with van der Waals surface area (Å²) in [7, 11) is 0. The molecule has 0 heterocycles. The van der Waals surface area contributed by atoms with Crippen LogP contribution in [-0.2, 0) is 0 Å². The molecular weight excluding hydrogens is 200 g/mol. The Labute approximate surface area is 87.9 Å². The van der Waals surface area contributed by atoms with E-state index in [2.05, 4.69) is 5.92 Å². The molecule has 0 aliphatic carbocycles. The maximum atomic E-state index is 5.10. The van der Waals surface area contributed by atoms with Crippen molar-refractivity contribution < 1.29 is 0 Å². The highest BCUT2D eigenvalue weighted by atomic mass is 79.9. The fourth-order valence-electron chi connectivity index (χ4n) is 0.534. The lowest BCUT2D eigenvalue weighted by Crippen LogP contribution is -1.66. The Morgan fingerprint density at radius 3 is 1.90 bits per heavy atom. The molecule has 0 fully saturated rings. The molecule has 0 aliphatic rings. The Hall–Kier alpha value is 0.0262. The van der Waals surface area contributed by atoms with E-state index in [-0.39, 0.29) is 40.0 Å². The Morgan fingerprint density at radius 1 is 1.10 bits per heavy atom. The molecule has 0 radical (unpaired) electrons. The van der Waals surface area contributed by atoms with Gasteiger partial charge < -0.3 is 0 Å². The Morgan fingerprint density at radius 2 is 1.60 bits per heavy atom. The number of benzene rings is 1. The van der Waals surface area contributed by atoms with Crippen LogP contribution in [0.15, 0.2) is 30.3 Å². The van der Waals surface area contributed by atoms with Crippen LogP contribution in [0.4, 0.5) is 0 Å². The molecule has 50 valence electrons. The average Bonchev–Trinajstić information content (AvgIpc) is 1.90. The average molecular weight is 209 g/mol. The summed E-state index contributed by atoms with van der Waals surface area (Å²) >= 11 is 0. The lowest BCUT2D eigenvalue weighted by molar-refractivity contribution is 1.65. The van der Waals surface area contributed by atoms with E-state index >= 15 is 0 Å². The second-order valence-corrected chi connectivity index (χ2v) is 1.51. The van der Waals surface area contributed by atoms with Gasteiger partial charge >= 0.3 is 23.1 Å². The minimum atomic E-state index is 0. The largest absolute Gasteiger partial charge is 0.316 e. The molecule has 0 N–H and O–H groups in total. The van der Waals surface area contributed by atoms with Crippen LogP contribution in [0, 0.1) is 12.3 Å². The van der Waals surface area contributed by atoms with Crippen molar-refractivity contribution in [3.8, 4) is 12.3 Å². The quantitative estimate of drug-likeness (QED) is 0.447. The highest BCUT2D eigenvalue weighted by Gasteiger charge is 1.76. The van der Waals surface area contributed by atoms with Crippen LogP contribution in [-0.4, -0.2) is 23.1 Å². The van der Waals surface area contributed by atoms with Gasteiger partial charge in [-0.25, -0.2) is 0 Å². The molecule has 1 aromatic rings. The molecule has 0 saturated heterocycles. The van der Waals surface area contributed by atoms with E-state index in [1.54, 1.807) is 0 Å². The maximum absolute atomic E-state index is 5.10. The Kier molecular flexibility index (Phi) is 9.05. The summed E-state index contributed by atoms with van der Waals surface area (Å²) in [4.78, 5) is 0. The molecule has 10 heavy (non-hydrogen) atoms. The van der Waals surface area contributed by atoms with Crippen LogP contribution < -0.4 is 0 Å². The summed E-state index contributed by atoms with van der Waals surface area (Å²) < 4.78 is 0. The van der Waals surface area contributed by atoms with Crippen molar-refractivity contribution in [2.75, 3.05) is 0 Å². The topological polar surface area (TPSA) is 0 Å². The zero-order valence-corrected chi connectivity index (χ0v) is 6.59. The minimum absolute atomic E-state index is 0. The summed E-state index contributed by atoms with van der Waals surface area (Å²) in [5, 5.41) is 0. The summed E-state index contributed by atoms with van der Waals surface area (Å²) in [5.74, 6) is 2.53. The van der Waals surface area contributed by atoms with E-state index in [1.165, 1.54) is 0 Å². The van der Waals surface area contributed by atoms with Crippen molar-refractivity contribution in [3.63, 3.8) is 0 Å². The highest BCUT2D eigenvalue weighted by Crippen LogP contribution is 1.92. The third-order valence-corrected chi connectivity index (χ3v) is 0.940. The number of hydrogen-bond acceptors (Lipinski definition) is 0. The monoisotopic (exact) mass is 208 g/mol. The van der Waals surface area contributed by atoms with Gasteiger partial charge in [0.05, 0.1) is 0 Å². The number of rotatable bonds is 0. The maximum Gasteiger partial charge on any atom is 0.316 e. The van der Waals surface area contributed by atoms with E-state index in [4.69, 9.17) is 6.42 Å². The molecule has 0 nitrogen and oxygen atoms in total. The van der Waals surface area contributed by atoms with Crippen molar-refractivity contribution in [1.82, 2.24) is 0 Å². The molecule has 0 unspecified atom stereocenters. The van der Waals surface area contributed by atoms with Gasteiger partial charge in [-0.3, -0.25) is 0 Å². The highest BCUT2D eigenvalue weighted by molar-refractivity contribution is 8.93. The van der Waals surface area contributed by atoms with Crippen LogP contribution >= 0.6 is 17.0 Å². The van der Waals surface area contributed by atoms with Gasteiger partial charge in [-0.05, 0) is 12.1 Å². The molecular formula is C8H9BrMg. The van der Waals surface area contributed by atoms with Crippen LogP contribution in [0.2, 0.25) is 0 Å². The molecule has 0 aliphatic heterocycles. The van der Waals surface area contributed by atoms with Crippen molar-refractivity contribution in [3.05, 3.63) is 35.9 Å². The van der Waals surface area contributed by atoms with E-state index in [0.29, 0.717) is 0 Å². The Balaban J connectivity index is 0. The van der Waals surface area contributed by atoms with E-state index in [1.807, 2.05) is 30.3 Å². The molecule has 1 aromatic carbocycles. The first-order chi connectivity index (χ1) is 3.93. The second-order valence-electron chi connectivity index (χ2n) is 1.51. The number of halogens is 1. The molecule has 1 rings (SSSR count). The van der Waals surface area contributed by atoms with E-state index in [0.717, 1.165) is 5.56 Å². The van der Waals surface area contributed by atoms with Gasteiger partial charge in [0.15, 0.2) is 0 Å². The van der Waals surface area contributed by atoms with Crippen LogP contribution in [0.5, 0.6) is 0 Å². The summed E-state index contributed by atoms with van der Waals surface area (Å²) in [5.41, 5.74) is 0.938. The Bertz CT molecular complexity index is 200. The van der Waals surface area contributed by atoms with Crippen molar-refractivity contribution in [1.29, 1.82) is 0 Å². The standard InChI is InChI=1S/C8H6.BrH.Mg.2H/c1-2-8-6-4-3-5-7-8;;;;/h1,3-7H;1H;;;. The SMILES string of the molecule is Br.C#Cc1ccccc1.[MgH2]. The fourth-order valence-corrected chi connectivity index (χ4v) is 0.534. The number of hydrogen-bond donors (Lipinski definition) is 0. The predicted molar refractivity (Wildman–Crippen MR) is 53.2 cm³/mol. The first kappa shape index (κ1) is 12.7. The number of terminal acetylenes is 1. The summed E-state index contributed by atoms with van der Waals surface area (Å²) in [6.45, 7) is 0. The first-order valence-corrected chi connectivity index (χ1v) is 2.45. The molecule has 0 amide bonds. The van der Waals surface area contributed by atoms with Gasteiger partial charge in [0, 0.05) is 5.56 Å². The van der Waals surface area contributed by atoms with Crippen LogP contribution in [0.1, 0.15) is 5.56 Å². The van der Waals surface area contributed by atoms with Gasteiger partial charge in [0.1, 0.15) is 0 Å². The fraction of sp³-hybridized carbons (Fsp3) is 0. The molecule has 2 heteroatoms. The predicted octanol–water partition coefficient (Wildman–Crippen LogP) is 1.33.